The number of anilines is 1. The topological polar surface area (TPSA) is 68.1 Å². The van der Waals surface area contributed by atoms with Gasteiger partial charge in [-0.15, -0.1) is 0 Å². The molecule has 1 heterocycles. The first-order valence-corrected chi connectivity index (χ1v) is 9.35. The van der Waals surface area contributed by atoms with E-state index in [1.165, 1.54) is 0 Å². The van der Waals surface area contributed by atoms with Crippen LogP contribution in [-0.4, -0.2) is 22.7 Å². The molecule has 0 fully saturated rings. The minimum Gasteiger partial charge on any atom is -0.493 e. The quantitative estimate of drug-likeness (QED) is 0.507. The first-order valence-electron chi connectivity index (χ1n) is 8.23. The van der Waals surface area contributed by atoms with Crippen molar-refractivity contribution in [2.45, 2.75) is 19.3 Å². The molecule has 1 aliphatic rings. The van der Waals surface area contributed by atoms with E-state index in [4.69, 9.17) is 10.5 Å². The number of carbonyl (C=O) groups excluding carboxylic acids is 1. The van der Waals surface area contributed by atoms with Gasteiger partial charge in [0.25, 0.3) is 0 Å². The Balaban J connectivity index is 1.94. The van der Waals surface area contributed by atoms with Crippen LogP contribution < -0.4 is 10.5 Å². The number of rotatable bonds is 3. The fourth-order valence-electron chi connectivity index (χ4n) is 3.67. The van der Waals surface area contributed by atoms with Crippen LogP contribution in [0.5, 0.6) is 5.75 Å². The maximum absolute atomic E-state index is 13.2. The maximum Gasteiger partial charge on any atom is 0.195 e. The zero-order valence-electron chi connectivity index (χ0n) is 14.2. The van der Waals surface area contributed by atoms with Crippen LogP contribution in [0.1, 0.15) is 41.0 Å². The summed E-state index contributed by atoms with van der Waals surface area (Å²) in [6, 6.07) is 11.4. The number of alkyl halides is 1. The number of ketones is 1. The third-order valence-electron chi connectivity index (χ3n) is 4.93. The lowest BCUT2D eigenvalue weighted by atomic mass is 9.71. The van der Waals surface area contributed by atoms with E-state index in [9.17, 15) is 4.79 Å². The number of ether oxygens (including phenoxy) is 1. The summed E-state index contributed by atoms with van der Waals surface area (Å²) in [5.74, 6) is 0.829. The van der Waals surface area contributed by atoms with Gasteiger partial charge in [0.2, 0.25) is 0 Å². The standard InChI is InChI=1S/C20H19BrN2O2/c1-20(2)15-10-12(25-8-7-21)4-6-13(15)18(24)17-14-5-3-11(22)9-16(14)23-19(17)20/h3-6,9-10,23H,7-8,22H2,1-2H3. The van der Waals surface area contributed by atoms with Gasteiger partial charge < -0.3 is 15.5 Å². The van der Waals surface area contributed by atoms with Crippen LogP contribution in [0.3, 0.4) is 0 Å². The largest absolute Gasteiger partial charge is 0.493 e. The zero-order valence-corrected chi connectivity index (χ0v) is 15.7. The van der Waals surface area contributed by atoms with Gasteiger partial charge in [0.15, 0.2) is 5.78 Å². The Bertz CT molecular complexity index is 1000. The predicted octanol–water partition coefficient (Wildman–Crippen LogP) is 4.39. The number of halogens is 1. The number of fused-ring (bicyclic) bond motifs is 4. The molecule has 25 heavy (non-hydrogen) atoms. The molecule has 1 aliphatic carbocycles. The molecule has 0 aliphatic heterocycles. The third kappa shape index (κ3) is 2.37. The van der Waals surface area contributed by atoms with Gasteiger partial charge in [0.05, 0.1) is 12.2 Å². The van der Waals surface area contributed by atoms with Crippen LogP contribution >= 0.6 is 15.9 Å². The van der Waals surface area contributed by atoms with Crippen LogP contribution in [0.4, 0.5) is 5.69 Å². The molecule has 0 unspecified atom stereocenters. The maximum atomic E-state index is 13.2. The van der Waals surface area contributed by atoms with Crippen molar-refractivity contribution < 1.29 is 9.53 Å². The summed E-state index contributed by atoms with van der Waals surface area (Å²) >= 11 is 3.37. The molecule has 128 valence electrons. The van der Waals surface area contributed by atoms with Crippen LogP contribution in [0.15, 0.2) is 36.4 Å². The van der Waals surface area contributed by atoms with Crippen molar-refractivity contribution in [3.8, 4) is 5.75 Å². The Hall–Kier alpha value is -2.27. The molecule has 4 rings (SSSR count). The summed E-state index contributed by atoms with van der Waals surface area (Å²) in [6.45, 7) is 4.85. The molecule has 3 aromatic rings. The van der Waals surface area contributed by atoms with Gasteiger partial charge in [-0.3, -0.25) is 4.79 Å². The first kappa shape index (κ1) is 16.2. The van der Waals surface area contributed by atoms with Gasteiger partial charge in [-0.05, 0) is 35.9 Å². The fraction of sp³-hybridized carbons (Fsp3) is 0.250. The van der Waals surface area contributed by atoms with E-state index < -0.39 is 0 Å². The van der Waals surface area contributed by atoms with Gasteiger partial charge >= 0.3 is 0 Å². The smallest absolute Gasteiger partial charge is 0.195 e. The number of hydrogen-bond donors (Lipinski definition) is 2. The highest BCUT2D eigenvalue weighted by atomic mass is 79.9. The molecule has 0 saturated carbocycles. The zero-order chi connectivity index (χ0) is 17.8. The molecule has 0 spiro atoms. The average Bonchev–Trinajstić information content (AvgIpc) is 2.97. The summed E-state index contributed by atoms with van der Waals surface area (Å²) in [6.07, 6.45) is 0. The number of aromatic amines is 1. The molecular formula is C20H19BrN2O2. The van der Waals surface area contributed by atoms with Crippen molar-refractivity contribution in [3.05, 3.63) is 58.8 Å². The van der Waals surface area contributed by atoms with E-state index in [-0.39, 0.29) is 11.2 Å². The second kappa shape index (κ2) is 5.63. The lowest BCUT2D eigenvalue weighted by Crippen LogP contribution is -2.30. The van der Waals surface area contributed by atoms with Crippen molar-refractivity contribution >= 4 is 38.3 Å². The molecule has 1 aromatic heterocycles. The van der Waals surface area contributed by atoms with Crippen molar-refractivity contribution in [1.29, 1.82) is 0 Å². The highest BCUT2D eigenvalue weighted by Crippen LogP contribution is 2.44. The van der Waals surface area contributed by atoms with Crippen LogP contribution in [0.25, 0.3) is 10.9 Å². The van der Waals surface area contributed by atoms with Crippen molar-refractivity contribution in [1.82, 2.24) is 4.98 Å². The summed E-state index contributed by atoms with van der Waals surface area (Å²) < 4.78 is 5.73. The van der Waals surface area contributed by atoms with Gasteiger partial charge in [0, 0.05) is 38.6 Å². The highest BCUT2D eigenvalue weighted by molar-refractivity contribution is 9.09. The number of aromatic nitrogens is 1. The number of benzene rings is 2. The second-order valence-electron chi connectivity index (χ2n) is 6.88. The number of nitrogens with one attached hydrogen (secondary N) is 1. The van der Waals surface area contributed by atoms with E-state index >= 15 is 0 Å². The molecular weight excluding hydrogens is 380 g/mol. The first-order chi connectivity index (χ1) is 11.9. The number of H-pyrrole nitrogens is 1. The summed E-state index contributed by atoms with van der Waals surface area (Å²) in [4.78, 5) is 16.6. The van der Waals surface area contributed by atoms with Gasteiger partial charge in [-0.25, -0.2) is 0 Å². The number of hydrogen-bond acceptors (Lipinski definition) is 3. The average molecular weight is 399 g/mol. The van der Waals surface area contributed by atoms with Crippen molar-refractivity contribution in [3.63, 3.8) is 0 Å². The van der Waals surface area contributed by atoms with Crippen molar-refractivity contribution in [2.24, 2.45) is 0 Å². The summed E-state index contributed by atoms with van der Waals surface area (Å²) in [5, 5.41) is 1.69. The van der Waals surface area contributed by atoms with E-state index in [0.717, 1.165) is 44.4 Å². The second-order valence-corrected chi connectivity index (χ2v) is 7.67. The van der Waals surface area contributed by atoms with E-state index in [0.29, 0.717) is 12.3 Å². The summed E-state index contributed by atoms with van der Waals surface area (Å²) in [5.41, 5.74) is 10.6. The van der Waals surface area contributed by atoms with Gasteiger partial charge in [-0.2, -0.15) is 0 Å². The monoisotopic (exact) mass is 398 g/mol. The van der Waals surface area contributed by atoms with E-state index in [2.05, 4.69) is 34.8 Å². The molecule has 0 atom stereocenters. The molecule has 4 nitrogen and oxygen atoms in total. The number of carbonyl (C=O) groups is 1. The molecule has 2 aromatic carbocycles. The molecule has 0 radical (unpaired) electrons. The van der Waals surface area contributed by atoms with Gasteiger partial charge in [0.1, 0.15) is 5.75 Å². The Morgan fingerprint density at radius 2 is 2.00 bits per heavy atom. The molecule has 5 heteroatoms. The van der Waals surface area contributed by atoms with Gasteiger partial charge in [-0.1, -0.05) is 35.8 Å². The number of nitrogens with two attached hydrogens (primary N) is 1. The van der Waals surface area contributed by atoms with E-state index in [1.807, 2.05) is 36.4 Å². The molecule has 0 saturated heterocycles. The summed E-state index contributed by atoms with van der Waals surface area (Å²) in [7, 11) is 0. The van der Waals surface area contributed by atoms with Crippen LogP contribution in [0.2, 0.25) is 0 Å². The fourth-order valence-corrected chi connectivity index (χ4v) is 3.84. The van der Waals surface area contributed by atoms with Crippen LogP contribution in [-0.2, 0) is 5.41 Å². The Labute approximate surface area is 154 Å². The molecule has 0 bridgehead atoms. The van der Waals surface area contributed by atoms with Crippen molar-refractivity contribution in [2.75, 3.05) is 17.7 Å². The van der Waals surface area contributed by atoms with Crippen LogP contribution in [0, 0.1) is 0 Å². The highest BCUT2D eigenvalue weighted by Gasteiger charge is 2.39. The predicted molar refractivity (Wildman–Crippen MR) is 104 cm³/mol. The number of nitrogen functional groups attached to an aromatic ring is 1. The van der Waals surface area contributed by atoms with E-state index in [1.54, 1.807) is 0 Å². The Morgan fingerprint density at radius 1 is 1.20 bits per heavy atom. The Morgan fingerprint density at radius 3 is 2.76 bits per heavy atom. The molecule has 0 amide bonds. The lowest BCUT2D eigenvalue weighted by molar-refractivity contribution is 0.103. The minimum absolute atomic E-state index is 0.0485. The SMILES string of the molecule is CC1(C)c2cc(OCCBr)ccc2C(=O)c2c1[nH]c1cc(N)ccc21. The Kier molecular flexibility index (Phi) is 3.65. The molecule has 3 N–H and O–H groups in total. The normalized spacial score (nSPS) is 15.1. The third-order valence-corrected chi connectivity index (χ3v) is 5.25. The lowest BCUT2D eigenvalue weighted by Gasteiger charge is -2.32. The minimum atomic E-state index is -0.333.